The van der Waals surface area contributed by atoms with Gasteiger partial charge in [-0.2, -0.15) is 0 Å². The van der Waals surface area contributed by atoms with Gasteiger partial charge in [-0.3, -0.25) is 4.90 Å². The lowest BCUT2D eigenvalue weighted by atomic mass is 10.2. The fourth-order valence-electron chi connectivity index (χ4n) is 2.59. The molecule has 0 spiro atoms. The fraction of sp³-hybridized carbons (Fsp3) is 0.444. The summed E-state index contributed by atoms with van der Waals surface area (Å²) < 4.78 is 11.0. The molecular formula is C18H25N3O3. The van der Waals surface area contributed by atoms with Gasteiger partial charge in [0.2, 0.25) is 5.89 Å². The molecule has 1 saturated heterocycles. The van der Waals surface area contributed by atoms with Gasteiger partial charge in [0.05, 0.1) is 13.2 Å². The number of benzene rings is 1. The molecule has 130 valence electrons. The van der Waals surface area contributed by atoms with E-state index in [2.05, 4.69) is 15.2 Å². The lowest BCUT2D eigenvalue weighted by Gasteiger charge is -2.26. The summed E-state index contributed by atoms with van der Waals surface area (Å²) in [5.41, 5.74) is 1.13. The maximum absolute atomic E-state index is 12.2. The molecule has 1 aliphatic heterocycles. The van der Waals surface area contributed by atoms with Gasteiger partial charge in [0, 0.05) is 31.7 Å². The van der Waals surface area contributed by atoms with Crippen LogP contribution in [0.3, 0.4) is 0 Å². The lowest BCUT2D eigenvalue weighted by molar-refractivity contribution is 0.0515. The highest BCUT2D eigenvalue weighted by atomic mass is 16.5. The quantitative estimate of drug-likeness (QED) is 0.849. The topological polar surface area (TPSA) is 67.6 Å². The molecule has 0 unspecified atom stereocenters. The highest BCUT2D eigenvalue weighted by Crippen LogP contribution is 2.23. The van der Waals surface area contributed by atoms with Gasteiger partial charge in [-0.15, -0.1) is 0 Å². The number of aromatic nitrogens is 1. The molecule has 1 aliphatic rings. The zero-order valence-corrected chi connectivity index (χ0v) is 13.2. The summed E-state index contributed by atoms with van der Waals surface area (Å²) in [5.74, 6) is 0.603. The van der Waals surface area contributed by atoms with Gasteiger partial charge in [0.1, 0.15) is 0 Å². The molecule has 6 nitrogen and oxygen atoms in total. The van der Waals surface area contributed by atoms with Crippen LogP contribution in [0.2, 0.25) is 0 Å². The molecule has 0 atom stereocenters. The molecule has 0 bridgehead atoms. The second-order valence-corrected chi connectivity index (χ2v) is 5.40. The van der Waals surface area contributed by atoms with E-state index in [0.717, 1.165) is 31.7 Å². The maximum Gasteiger partial charge on any atom is 0.360 e. The number of ether oxygens (including phenoxy) is 1. The molecule has 0 aliphatic carbocycles. The highest BCUT2D eigenvalue weighted by Gasteiger charge is 2.24. The summed E-state index contributed by atoms with van der Waals surface area (Å²) >= 11 is 0. The Morgan fingerprint density at radius 2 is 2.00 bits per heavy atom. The molecular weight excluding hydrogens is 306 g/mol. The van der Waals surface area contributed by atoms with Crippen molar-refractivity contribution in [2.45, 2.75) is 20.9 Å². The molecule has 6 heteroatoms. The molecule has 0 saturated carbocycles. The number of hydrogen-bond acceptors (Lipinski definition) is 6. The number of piperazine rings is 1. The van der Waals surface area contributed by atoms with E-state index in [1.807, 2.05) is 30.3 Å². The van der Waals surface area contributed by atoms with E-state index in [1.54, 1.807) is 6.92 Å². The molecule has 2 aromatic rings. The number of esters is 1. The molecule has 3 rings (SSSR count). The van der Waals surface area contributed by atoms with Gasteiger partial charge in [-0.25, -0.2) is 9.78 Å². The Labute approximate surface area is 142 Å². The summed E-state index contributed by atoms with van der Waals surface area (Å²) in [4.78, 5) is 18.8. The number of nitrogens with zero attached hydrogens (tertiary/aromatic N) is 2. The van der Waals surface area contributed by atoms with Crippen LogP contribution in [0.5, 0.6) is 0 Å². The van der Waals surface area contributed by atoms with Crippen LogP contribution in [0.25, 0.3) is 11.5 Å². The van der Waals surface area contributed by atoms with Gasteiger partial charge in [-0.1, -0.05) is 25.6 Å². The van der Waals surface area contributed by atoms with Crippen LogP contribution < -0.4 is 5.32 Å². The Balaban J connectivity index is 0.00000208. The predicted molar refractivity (Wildman–Crippen MR) is 92.8 cm³/mol. The van der Waals surface area contributed by atoms with Crippen molar-refractivity contribution in [3.8, 4) is 11.5 Å². The van der Waals surface area contributed by atoms with E-state index in [4.69, 9.17) is 9.15 Å². The second-order valence-electron chi connectivity index (χ2n) is 5.40. The van der Waals surface area contributed by atoms with Gasteiger partial charge < -0.3 is 14.5 Å². The van der Waals surface area contributed by atoms with Crippen LogP contribution in [0.1, 0.15) is 30.6 Å². The average Bonchev–Trinajstić information content (AvgIpc) is 3.01. The molecule has 24 heavy (non-hydrogen) atoms. The minimum Gasteiger partial charge on any atom is -0.461 e. The number of carbonyl (C=O) groups is 1. The molecule has 2 heterocycles. The third-order valence-electron chi connectivity index (χ3n) is 3.76. The SMILES string of the molecule is C.CCOC(=O)c1nc(-c2ccccc2)oc1CN1CCNCC1. The normalized spacial score (nSPS) is 14.9. The summed E-state index contributed by atoms with van der Waals surface area (Å²) in [7, 11) is 0. The van der Waals surface area contributed by atoms with E-state index in [9.17, 15) is 4.79 Å². The van der Waals surface area contributed by atoms with Gasteiger partial charge in [0.15, 0.2) is 11.5 Å². The smallest absolute Gasteiger partial charge is 0.360 e. The number of carbonyl (C=O) groups excluding carboxylic acids is 1. The van der Waals surface area contributed by atoms with E-state index >= 15 is 0 Å². The molecule has 1 aromatic heterocycles. The van der Waals surface area contributed by atoms with Crippen molar-refractivity contribution in [2.24, 2.45) is 0 Å². The second kappa shape index (κ2) is 8.61. The van der Waals surface area contributed by atoms with Crippen molar-refractivity contribution < 1.29 is 13.9 Å². The standard InChI is InChI=1S/C17H21N3O3.CH4/c1-2-22-17(21)15-14(12-20-10-8-18-9-11-20)23-16(19-15)13-6-4-3-5-7-13;/h3-7,18H,2,8-12H2,1H3;1H4. The van der Waals surface area contributed by atoms with Crippen molar-refractivity contribution in [3.05, 3.63) is 41.8 Å². The summed E-state index contributed by atoms with van der Waals surface area (Å²) in [6.45, 7) is 6.39. The van der Waals surface area contributed by atoms with E-state index < -0.39 is 5.97 Å². The third kappa shape index (κ3) is 4.21. The lowest BCUT2D eigenvalue weighted by Crippen LogP contribution is -2.43. The largest absolute Gasteiger partial charge is 0.461 e. The van der Waals surface area contributed by atoms with Crippen molar-refractivity contribution in [1.29, 1.82) is 0 Å². The van der Waals surface area contributed by atoms with Crippen LogP contribution >= 0.6 is 0 Å². The van der Waals surface area contributed by atoms with Crippen LogP contribution in [-0.4, -0.2) is 48.6 Å². The minimum atomic E-state index is -0.427. The summed E-state index contributed by atoms with van der Waals surface area (Å²) in [6, 6.07) is 9.59. The Bertz CT molecular complexity index is 649. The number of oxazole rings is 1. The maximum atomic E-state index is 12.2. The zero-order chi connectivity index (χ0) is 16.1. The first-order valence-corrected chi connectivity index (χ1v) is 7.93. The van der Waals surface area contributed by atoms with Crippen LogP contribution in [-0.2, 0) is 11.3 Å². The Kier molecular flexibility index (Phi) is 6.52. The Morgan fingerprint density at radius 3 is 2.67 bits per heavy atom. The number of nitrogens with one attached hydrogen (secondary N) is 1. The van der Waals surface area contributed by atoms with Crippen LogP contribution in [0.15, 0.2) is 34.7 Å². The van der Waals surface area contributed by atoms with Gasteiger partial charge in [0.25, 0.3) is 0 Å². The van der Waals surface area contributed by atoms with Crippen molar-refractivity contribution in [3.63, 3.8) is 0 Å². The Hall–Kier alpha value is -2.18. The van der Waals surface area contributed by atoms with Crippen molar-refractivity contribution in [1.82, 2.24) is 15.2 Å². The Morgan fingerprint density at radius 1 is 1.29 bits per heavy atom. The zero-order valence-electron chi connectivity index (χ0n) is 13.2. The van der Waals surface area contributed by atoms with E-state index in [0.29, 0.717) is 24.8 Å². The summed E-state index contributed by atoms with van der Waals surface area (Å²) in [5, 5.41) is 3.31. The first-order chi connectivity index (χ1) is 11.3. The molecule has 1 fully saturated rings. The molecule has 1 aromatic carbocycles. The van der Waals surface area contributed by atoms with Crippen molar-refractivity contribution in [2.75, 3.05) is 32.8 Å². The van der Waals surface area contributed by atoms with Crippen molar-refractivity contribution >= 4 is 5.97 Å². The average molecular weight is 331 g/mol. The van der Waals surface area contributed by atoms with E-state index in [-0.39, 0.29) is 13.1 Å². The van der Waals surface area contributed by atoms with Crippen LogP contribution in [0.4, 0.5) is 0 Å². The molecule has 1 N–H and O–H groups in total. The molecule has 0 radical (unpaired) electrons. The highest BCUT2D eigenvalue weighted by molar-refractivity contribution is 5.89. The first kappa shape index (κ1) is 18.2. The molecule has 0 amide bonds. The first-order valence-electron chi connectivity index (χ1n) is 7.93. The van der Waals surface area contributed by atoms with Crippen LogP contribution in [0, 0.1) is 0 Å². The minimum absolute atomic E-state index is 0. The van der Waals surface area contributed by atoms with Gasteiger partial charge >= 0.3 is 5.97 Å². The number of hydrogen-bond donors (Lipinski definition) is 1. The third-order valence-corrected chi connectivity index (χ3v) is 3.76. The fourth-order valence-corrected chi connectivity index (χ4v) is 2.59. The van der Waals surface area contributed by atoms with Gasteiger partial charge in [-0.05, 0) is 19.1 Å². The predicted octanol–water partition coefficient (Wildman–Crippen LogP) is 2.56. The monoisotopic (exact) mass is 331 g/mol. The van der Waals surface area contributed by atoms with E-state index in [1.165, 1.54) is 0 Å². The summed E-state index contributed by atoms with van der Waals surface area (Å²) in [6.07, 6.45) is 0. The number of rotatable bonds is 5.